The van der Waals surface area contributed by atoms with E-state index in [1.165, 1.54) is 24.6 Å². The van der Waals surface area contributed by atoms with Crippen LogP contribution in [0.4, 0.5) is 4.39 Å². The third-order valence-corrected chi connectivity index (χ3v) is 7.30. The molecule has 4 rings (SSSR count). The minimum absolute atomic E-state index is 0.0189. The first kappa shape index (κ1) is 19.2. The van der Waals surface area contributed by atoms with Gasteiger partial charge in [0, 0.05) is 24.2 Å². The zero-order valence-electron chi connectivity index (χ0n) is 17.1. The molecule has 2 aromatic rings. The number of benzene rings is 1. The molecule has 28 heavy (non-hydrogen) atoms. The van der Waals surface area contributed by atoms with Crippen LogP contribution in [0.1, 0.15) is 63.7 Å². The molecule has 2 saturated carbocycles. The molecular formula is C23H29FN2O2. The van der Waals surface area contributed by atoms with Gasteiger partial charge in [-0.15, -0.1) is 0 Å². The molecule has 0 spiro atoms. The average Bonchev–Trinajstić information content (AvgIpc) is 3.12. The van der Waals surface area contributed by atoms with Crippen molar-refractivity contribution in [3.63, 3.8) is 0 Å². The molecule has 2 bridgehead atoms. The second-order valence-electron chi connectivity index (χ2n) is 9.55. The number of nitrogens with zero attached hydrogens (tertiary/aromatic N) is 1. The Hall–Kier alpha value is -2.17. The molecule has 5 heteroatoms. The molecule has 4 nitrogen and oxygen atoms in total. The van der Waals surface area contributed by atoms with Gasteiger partial charge in [0.15, 0.2) is 0 Å². The van der Waals surface area contributed by atoms with Crippen LogP contribution in [0.15, 0.2) is 29.2 Å². The van der Waals surface area contributed by atoms with Crippen LogP contribution in [-0.4, -0.2) is 16.5 Å². The molecule has 1 heterocycles. The number of carbonyl (C=O) groups is 1. The van der Waals surface area contributed by atoms with Crippen molar-refractivity contribution in [1.82, 2.24) is 9.88 Å². The lowest BCUT2D eigenvalue weighted by Gasteiger charge is -2.43. The van der Waals surface area contributed by atoms with Gasteiger partial charge in [-0.05, 0) is 60.6 Å². The summed E-state index contributed by atoms with van der Waals surface area (Å²) < 4.78 is 15.6. The molecule has 1 amide bonds. The van der Waals surface area contributed by atoms with E-state index in [1.54, 1.807) is 6.20 Å². The van der Waals surface area contributed by atoms with E-state index >= 15 is 0 Å². The Kier molecular flexibility index (Phi) is 4.40. The van der Waals surface area contributed by atoms with Crippen LogP contribution in [0.5, 0.6) is 0 Å². The fraction of sp³-hybridized carbons (Fsp3) is 0.565. The standard InChI is InChI=1S/C23H29FN2O2/c1-5-10-26-13-17(19(27)16-7-6-15(24)11-18(16)26)20(28)25-21-22(2,3)14-8-9-23(21,4)12-14/h6-7,11,13-14,21H,5,8-10,12H2,1-4H3,(H,25,28)/t14?,21-,23-/m1/s1. The van der Waals surface area contributed by atoms with Crippen LogP contribution in [-0.2, 0) is 6.54 Å². The van der Waals surface area contributed by atoms with Gasteiger partial charge in [-0.1, -0.05) is 27.7 Å². The van der Waals surface area contributed by atoms with Crippen molar-refractivity contribution in [2.75, 3.05) is 0 Å². The number of nitrogens with one attached hydrogen (secondary N) is 1. The minimum Gasteiger partial charge on any atom is -0.348 e. The first-order chi connectivity index (χ1) is 13.2. The van der Waals surface area contributed by atoms with Gasteiger partial charge in [0.2, 0.25) is 5.43 Å². The van der Waals surface area contributed by atoms with Crippen molar-refractivity contribution < 1.29 is 9.18 Å². The highest BCUT2D eigenvalue weighted by Crippen LogP contribution is 2.62. The summed E-state index contributed by atoms with van der Waals surface area (Å²) in [5, 5.41) is 3.61. The molecule has 2 aliphatic rings. The number of pyridine rings is 1. The number of hydrogen-bond acceptors (Lipinski definition) is 2. The largest absolute Gasteiger partial charge is 0.348 e. The summed E-state index contributed by atoms with van der Waals surface area (Å²) in [5.74, 6) is -0.0855. The lowest BCUT2D eigenvalue weighted by molar-refractivity contribution is 0.0736. The highest BCUT2D eigenvalue weighted by atomic mass is 19.1. The fourth-order valence-corrected chi connectivity index (χ4v) is 5.82. The summed E-state index contributed by atoms with van der Waals surface area (Å²) in [6.07, 6.45) is 5.88. The Labute approximate surface area is 165 Å². The van der Waals surface area contributed by atoms with Crippen LogP contribution >= 0.6 is 0 Å². The zero-order chi connectivity index (χ0) is 20.3. The van der Waals surface area contributed by atoms with Crippen molar-refractivity contribution in [3.8, 4) is 0 Å². The van der Waals surface area contributed by atoms with Crippen LogP contribution < -0.4 is 10.7 Å². The lowest BCUT2D eigenvalue weighted by atomic mass is 9.68. The molecule has 1 aromatic heterocycles. The molecule has 2 aliphatic carbocycles. The number of hydrogen-bond donors (Lipinski definition) is 1. The second-order valence-corrected chi connectivity index (χ2v) is 9.55. The van der Waals surface area contributed by atoms with Gasteiger partial charge in [0.1, 0.15) is 11.4 Å². The number of amides is 1. The van der Waals surface area contributed by atoms with Gasteiger partial charge >= 0.3 is 0 Å². The van der Waals surface area contributed by atoms with Crippen molar-refractivity contribution in [2.45, 2.75) is 66.0 Å². The summed E-state index contributed by atoms with van der Waals surface area (Å²) in [4.78, 5) is 26.2. The normalized spacial score (nSPS) is 28.0. The van der Waals surface area contributed by atoms with E-state index in [1.807, 2.05) is 11.5 Å². The maximum absolute atomic E-state index is 13.7. The summed E-state index contributed by atoms with van der Waals surface area (Å²) in [7, 11) is 0. The van der Waals surface area contributed by atoms with Crippen molar-refractivity contribution >= 4 is 16.8 Å². The Morgan fingerprint density at radius 2 is 2.07 bits per heavy atom. The van der Waals surface area contributed by atoms with Gasteiger partial charge in [-0.25, -0.2) is 4.39 Å². The molecule has 0 saturated heterocycles. The molecule has 0 radical (unpaired) electrons. The van der Waals surface area contributed by atoms with E-state index in [0.29, 0.717) is 23.4 Å². The summed E-state index contributed by atoms with van der Waals surface area (Å²) >= 11 is 0. The highest BCUT2D eigenvalue weighted by Gasteiger charge is 2.59. The van der Waals surface area contributed by atoms with Gasteiger partial charge in [-0.2, -0.15) is 0 Å². The van der Waals surface area contributed by atoms with Crippen molar-refractivity contribution in [3.05, 3.63) is 46.0 Å². The van der Waals surface area contributed by atoms with Crippen LogP contribution in [0.2, 0.25) is 0 Å². The van der Waals surface area contributed by atoms with Gasteiger partial charge in [0.05, 0.1) is 5.52 Å². The van der Waals surface area contributed by atoms with Crippen molar-refractivity contribution in [2.24, 2.45) is 16.7 Å². The second kappa shape index (κ2) is 6.43. The Bertz CT molecular complexity index is 1000. The number of carbonyl (C=O) groups excluding carboxylic acids is 1. The SMILES string of the molecule is CCCn1cc(C(=O)N[C@@H]2C(C)(C)C3CC[C@]2(C)C3)c(=O)c2ccc(F)cc21. The van der Waals surface area contributed by atoms with Crippen LogP contribution in [0.3, 0.4) is 0 Å². The monoisotopic (exact) mass is 384 g/mol. The van der Waals surface area contributed by atoms with Crippen LogP contribution in [0.25, 0.3) is 10.9 Å². The van der Waals surface area contributed by atoms with Gasteiger partial charge in [-0.3, -0.25) is 9.59 Å². The number of aryl methyl sites for hydroxylation is 1. The van der Waals surface area contributed by atoms with Gasteiger partial charge < -0.3 is 9.88 Å². The third-order valence-electron chi connectivity index (χ3n) is 7.30. The molecule has 0 aliphatic heterocycles. The topological polar surface area (TPSA) is 51.1 Å². The molecule has 3 atom stereocenters. The maximum atomic E-state index is 13.7. The molecule has 150 valence electrons. The number of halogens is 1. The van der Waals surface area contributed by atoms with Crippen LogP contribution in [0, 0.1) is 22.6 Å². The lowest BCUT2D eigenvalue weighted by Crippen LogP contribution is -2.53. The van der Waals surface area contributed by atoms with Gasteiger partial charge in [0.25, 0.3) is 5.91 Å². The van der Waals surface area contributed by atoms with E-state index in [-0.39, 0.29) is 39.6 Å². The Morgan fingerprint density at radius 1 is 1.32 bits per heavy atom. The molecule has 1 unspecified atom stereocenters. The smallest absolute Gasteiger partial charge is 0.257 e. The maximum Gasteiger partial charge on any atom is 0.257 e. The fourth-order valence-electron chi connectivity index (χ4n) is 5.82. The van der Waals surface area contributed by atoms with E-state index in [0.717, 1.165) is 19.3 Å². The molecule has 1 N–H and O–H groups in total. The molecule has 1 aromatic carbocycles. The zero-order valence-corrected chi connectivity index (χ0v) is 17.1. The summed E-state index contributed by atoms with van der Waals surface area (Å²) in [6, 6.07) is 4.18. The summed E-state index contributed by atoms with van der Waals surface area (Å²) in [5.41, 5.74) is 0.466. The third kappa shape index (κ3) is 2.78. The predicted molar refractivity (Wildman–Crippen MR) is 109 cm³/mol. The summed E-state index contributed by atoms with van der Waals surface area (Å²) in [6.45, 7) is 9.35. The van der Waals surface area contributed by atoms with E-state index < -0.39 is 0 Å². The number of rotatable bonds is 4. The first-order valence-corrected chi connectivity index (χ1v) is 10.3. The van der Waals surface area contributed by atoms with E-state index in [9.17, 15) is 14.0 Å². The Balaban J connectivity index is 1.75. The number of fused-ring (bicyclic) bond motifs is 3. The molecular weight excluding hydrogens is 355 g/mol. The number of aromatic nitrogens is 1. The predicted octanol–water partition coefficient (Wildman–Crippen LogP) is 4.50. The molecule has 2 fully saturated rings. The Morgan fingerprint density at radius 3 is 2.71 bits per heavy atom. The van der Waals surface area contributed by atoms with E-state index in [2.05, 4.69) is 26.1 Å². The first-order valence-electron chi connectivity index (χ1n) is 10.3. The van der Waals surface area contributed by atoms with E-state index in [4.69, 9.17) is 0 Å². The quantitative estimate of drug-likeness (QED) is 0.844. The highest BCUT2D eigenvalue weighted by molar-refractivity contribution is 5.97. The van der Waals surface area contributed by atoms with Crippen molar-refractivity contribution in [1.29, 1.82) is 0 Å². The average molecular weight is 384 g/mol. The minimum atomic E-state index is -0.384.